The second kappa shape index (κ2) is 6.03. The highest BCUT2D eigenvalue weighted by atomic mass is 32.1. The molecule has 0 aliphatic rings. The van der Waals surface area contributed by atoms with Gasteiger partial charge in [-0.15, -0.1) is 0 Å². The van der Waals surface area contributed by atoms with Gasteiger partial charge in [-0.1, -0.05) is 24.3 Å². The van der Waals surface area contributed by atoms with Crippen molar-refractivity contribution in [2.75, 3.05) is 12.4 Å². The summed E-state index contributed by atoms with van der Waals surface area (Å²) in [7, 11) is 1.36. The fourth-order valence-corrected chi connectivity index (χ4v) is 2.51. The number of methoxy groups -OCH3 is 1. The summed E-state index contributed by atoms with van der Waals surface area (Å²) in [6, 6.07) is 14.8. The maximum atomic E-state index is 11.8. The van der Waals surface area contributed by atoms with Crippen LogP contribution in [0.4, 0.5) is 5.69 Å². The van der Waals surface area contributed by atoms with Gasteiger partial charge in [-0.3, -0.25) is 4.57 Å². The molecule has 0 fully saturated rings. The van der Waals surface area contributed by atoms with Crippen LogP contribution in [0.15, 0.2) is 52.9 Å². The minimum Gasteiger partial charge on any atom is -0.465 e. The minimum absolute atomic E-state index is 0.379. The second-order valence-corrected chi connectivity index (χ2v) is 4.99. The van der Waals surface area contributed by atoms with Crippen LogP contribution in [-0.4, -0.2) is 17.6 Å². The summed E-state index contributed by atoms with van der Waals surface area (Å²) >= 11 is 5.24. The zero-order valence-electron chi connectivity index (χ0n) is 11.9. The summed E-state index contributed by atoms with van der Waals surface area (Å²) in [5, 5.41) is 3.20. The van der Waals surface area contributed by atoms with Crippen molar-refractivity contribution < 1.29 is 13.9 Å². The van der Waals surface area contributed by atoms with E-state index in [1.54, 1.807) is 12.1 Å². The summed E-state index contributed by atoms with van der Waals surface area (Å²) in [4.78, 5) is 12.1. The monoisotopic (exact) mass is 314 g/mol. The van der Waals surface area contributed by atoms with Crippen LogP contribution in [0.25, 0.3) is 11.1 Å². The first-order valence-electron chi connectivity index (χ1n) is 6.70. The Morgan fingerprint density at radius 3 is 2.77 bits per heavy atom. The molecule has 1 aromatic heterocycles. The van der Waals surface area contributed by atoms with Crippen LogP contribution in [-0.2, 0) is 11.4 Å². The third kappa shape index (κ3) is 2.60. The maximum absolute atomic E-state index is 11.8. The molecule has 0 spiro atoms. The van der Waals surface area contributed by atoms with Crippen molar-refractivity contribution in [1.29, 1.82) is 0 Å². The lowest BCUT2D eigenvalue weighted by molar-refractivity contribution is 0.0602. The van der Waals surface area contributed by atoms with E-state index in [1.807, 2.05) is 41.0 Å². The first-order chi connectivity index (χ1) is 10.7. The maximum Gasteiger partial charge on any atom is 0.339 e. The van der Waals surface area contributed by atoms with E-state index in [9.17, 15) is 4.79 Å². The molecule has 3 rings (SSSR count). The molecule has 0 atom stereocenters. The Kier molecular flexibility index (Phi) is 3.93. The number of hydrogen-bond acceptors (Lipinski definition) is 5. The molecule has 0 unspecified atom stereocenters. The van der Waals surface area contributed by atoms with Gasteiger partial charge in [-0.05, 0) is 36.5 Å². The standard InChI is InChI=1S/C16H14N2O3S/c1-20-15(19)11-6-2-3-7-12(11)17-10-18-13-8-4-5-9-14(13)21-16(18)22/h2-9,17H,10H2,1H3. The number of rotatable bonds is 4. The Labute approximate surface area is 132 Å². The summed E-state index contributed by atoms with van der Waals surface area (Å²) in [5.74, 6) is -0.385. The van der Waals surface area contributed by atoms with Crippen LogP contribution >= 0.6 is 12.2 Å². The van der Waals surface area contributed by atoms with E-state index in [4.69, 9.17) is 21.4 Å². The molecule has 1 N–H and O–H groups in total. The largest absolute Gasteiger partial charge is 0.465 e. The number of ether oxygens (including phenoxy) is 1. The molecule has 2 aromatic carbocycles. The van der Waals surface area contributed by atoms with Gasteiger partial charge in [-0.2, -0.15) is 0 Å². The molecular weight excluding hydrogens is 300 g/mol. The molecule has 22 heavy (non-hydrogen) atoms. The predicted molar refractivity (Wildman–Crippen MR) is 86.4 cm³/mol. The van der Waals surface area contributed by atoms with Gasteiger partial charge in [-0.25, -0.2) is 4.79 Å². The molecule has 0 aliphatic heterocycles. The van der Waals surface area contributed by atoms with Gasteiger partial charge in [0.15, 0.2) is 5.58 Å². The SMILES string of the molecule is COC(=O)c1ccccc1NCn1c(=S)oc2ccccc21. The average Bonchev–Trinajstić information content (AvgIpc) is 2.87. The Hall–Kier alpha value is -2.60. The highest BCUT2D eigenvalue weighted by Crippen LogP contribution is 2.19. The number of carbonyl (C=O) groups excluding carboxylic acids is 1. The second-order valence-electron chi connectivity index (χ2n) is 4.64. The van der Waals surface area contributed by atoms with Crippen molar-refractivity contribution in [1.82, 2.24) is 4.57 Å². The Morgan fingerprint density at radius 1 is 1.23 bits per heavy atom. The van der Waals surface area contributed by atoms with Crippen molar-refractivity contribution in [2.45, 2.75) is 6.67 Å². The number of hydrogen-bond donors (Lipinski definition) is 1. The zero-order chi connectivity index (χ0) is 15.5. The third-order valence-electron chi connectivity index (χ3n) is 3.33. The summed E-state index contributed by atoms with van der Waals surface area (Å²) in [6.45, 7) is 0.393. The van der Waals surface area contributed by atoms with Gasteiger partial charge in [0, 0.05) is 0 Å². The summed E-state index contributed by atoms with van der Waals surface area (Å²) in [6.07, 6.45) is 0. The fraction of sp³-hybridized carbons (Fsp3) is 0.125. The molecule has 1 heterocycles. The Balaban J connectivity index is 1.91. The number of nitrogens with one attached hydrogen (secondary N) is 1. The van der Waals surface area contributed by atoms with Crippen LogP contribution in [0.1, 0.15) is 10.4 Å². The van der Waals surface area contributed by atoms with Crippen molar-refractivity contribution >= 4 is 35.0 Å². The normalized spacial score (nSPS) is 10.6. The number of esters is 1. The lowest BCUT2D eigenvalue weighted by Gasteiger charge is -2.11. The highest BCUT2D eigenvalue weighted by Gasteiger charge is 2.11. The number of aromatic nitrogens is 1. The van der Waals surface area contributed by atoms with E-state index >= 15 is 0 Å². The molecule has 0 bridgehead atoms. The van der Waals surface area contributed by atoms with Crippen LogP contribution in [0.5, 0.6) is 0 Å². The van der Waals surface area contributed by atoms with Crippen LogP contribution in [0, 0.1) is 4.84 Å². The predicted octanol–water partition coefficient (Wildman–Crippen LogP) is 3.82. The quantitative estimate of drug-likeness (QED) is 0.586. The first kappa shape index (κ1) is 14.3. The number of nitrogens with zero attached hydrogens (tertiary/aromatic N) is 1. The van der Waals surface area contributed by atoms with Crippen molar-refractivity contribution in [3.8, 4) is 0 Å². The van der Waals surface area contributed by atoms with Gasteiger partial charge in [0.05, 0.1) is 30.5 Å². The van der Waals surface area contributed by atoms with Gasteiger partial charge in [0.25, 0.3) is 4.84 Å². The lowest BCUT2D eigenvalue weighted by atomic mass is 10.2. The van der Waals surface area contributed by atoms with Crippen LogP contribution in [0.3, 0.4) is 0 Å². The molecular formula is C16H14N2O3S. The van der Waals surface area contributed by atoms with Gasteiger partial charge in [0.2, 0.25) is 0 Å². The molecule has 0 radical (unpaired) electrons. The smallest absolute Gasteiger partial charge is 0.339 e. The summed E-state index contributed by atoms with van der Waals surface area (Å²) < 4.78 is 12.1. The molecule has 0 saturated heterocycles. The average molecular weight is 314 g/mol. The highest BCUT2D eigenvalue weighted by molar-refractivity contribution is 7.71. The number of para-hydroxylation sites is 3. The molecule has 5 nitrogen and oxygen atoms in total. The first-order valence-corrected chi connectivity index (χ1v) is 7.11. The zero-order valence-corrected chi connectivity index (χ0v) is 12.7. The van der Waals surface area contributed by atoms with E-state index in [1.165, 1.54) is 7.11 Å². The van der Waals surface area contributed by atoms with Crippen molar-refractivity contribution in [3.63, 3.8) is 0 Å². The Morgan fingerprint density at radius 2 is 1.95 bits per heavy atom. The molecule has 3 aromatic rings. The summed E-state index contributed by atoms with van der Waals surface area (Å²) in [5.41, 5.74) is 2.79. The molecule has 112 valence electrons. The van der Waals surface area contributed by atoms with Crippen LogP contribution in [0.2, 0.25) is 0 Å². The Bertz CT molecular complexity index is 882. The fourth-order valence-electron chi connectivity index (χ4n) is 2.25. The van der Waals surface area contributed by atoms with E-state index < -0.39 is 0 Å². The number of oxazole rings is 1. The topological polar surface area (TPSA) is 56.4 Å². The van der Waals surface area contributed by atoms with Gasteiger partial charge < -0.3 is 14.5 Å². The number of carbonyl (C=O) groups is 1. The van der Waals surface area contributed by atoms with Crippen molar-refractivity contribution in [3.05, 3.63) is 58.9 Å². The van der Waals surface area contributed by atoms with Crippen molar-refractivity contribution in [2.24, 2.45) is 0 Å². The van der Waals surface area contributed by atoms with Crippen LogP contribution < -0.4 is 5.32 Å². The third-order valence-corrected chi connectivity index (χ3v) is 3.64. The molecule has 0 saturated carbocycles. The minimum atomic E-state index is -0.385. The number of fused-ring (bicyclic) bond motifs is 1. The van der Waals surface area contributed by atoms with E-state index in [-0.39, 0.29) is 5.97 Å². The van der Waals surface area contributed by atoms with E-state index in [0.29, 0.717) is 22.8 Å². The van der Waals surface area contributed by atoms with Gasteiger partial charge >= 0.3 is 5.97 Å². The molecule has 0 amide bonds. The number of benzene rings is 2. The van der Waals surface area contributed by atoms with Gasteiger partial charge in [0.1, 0.15) is 0 Å². The number of anilines is 1. The lowest BCUT2D eigenvalue weighted by Crippen LogP contribution is -2.12. The molecule has 0 aliphatic carbocycles. The molecule has 6 heteroatoms. The van der Waals surface area contributed by atoms with E-state index in [0.717, 1.165) is 11.1 Å². The van der Waals surface area contributed by atoms with E-state index in [2.05, 4.69) is 5.32 Å².